The van der Waals surface area contributed by atoms with Gasteiger partial charge in [0.25, 0.3) is 5.91 Å². The second kappa shape index (κ2) is 6.45. The summed E-state index contributed by atoms with van der Waals surface area (Å²) in [5, 5.41) is 0. The van der Waals surface area contributed by atoms with E-state index in [2.05, 4.69) is 4.98 Å². The van der Waals surface area contributed by atoms with Gasteiger partial charge >= 0.3 is 5.97 Å². The quantitative estimate of drug-likeness (QED) is 0.683. The molecule has 0 spiro atoms. The number of anilines is 1. The van der Waals surface area contributed by atoms with Crippen molar-refractivity contribution in [3.63, 3.8) is 0 Å². The Balaban J connectivity index is 1.98. The molecule has 0 aliphatic carbocycles. The summed E-state index contributed by atoms with van der Waals surface area (Å²) in [4.78, 5) is 32.1. The molecule has 124 valence electrons. The summed E-state index contributed by atoms with van der Waals surface area (Å²) in [6.45, 7) is 3.91. The van der Waals surface area contributed by atoms with Crippen LogP contribution in [-0.2, 0) is 4.74 Å². The standard InChI is InChI=1S/C17H17N3O3S/c1-4-23-16(22)12-7-5-6-8-13(12)19(3)15(21)14-11(2)20-10-9-18-17(20)24-14/h5-10H,4H2,1-3H3. The molecule has 0 fully saturated rings. The highest BCUT2D eigenvalue weighted by atomic mass is 32.1. The molecule has 1 aromatic carbocycles. The third-order valence-corrected chi connectivity index (χ3v) is 4.91. The van der Waals surface area contributed by atoms with Crippen LogP contribution in [0.15, 0.2) is 36.7 Å². The van der Waals surface area contributed by atoms with Gasteiger partial charge in [0.15, 0.2) is 4.96 Å². The maximum absolute atomic E-state index is 12.9. The van der Waals surface area contributed by atoms with Gasteiger partial charge in [-0.25, -0.2) is 9.78 Å². The van der Waals surface area contributed by atoms with Crippen molar-refractivity contribution in [2.24, 2.45) is 0 Å². The van der Waals surface area contributed by atoms with Crippen molar-refractivity contribution in [1.82, 2.24) is 9.38 Å². The Hall–Kier alpha value is -2.67. The molecule has 0 bridgehead atoms. The minimum Gasteiger partial charge on any atom is -0.462 e. The first-order valence-corrected chi connectivity index (χ1v) is 8.33. The third kappa shape index (κ3) is 2.67. The highest BCUT2D eigenvalue weighted by molar-refractivity contribution is 7.19. The third-order valence-electron chi connectivity index (χ3n) is 3.75. The molecule has 2 aromatic heterocycles. The van der Waals surface area contributed by atoms with E-state index in [4.69, 9.17) is 4.74 Å². The normalized spacial score (nSPS) is 10.8. The average molecular weight is 343 g/mol. The molecule has 0 radical (unpaired) electrons. The number of hydrogen-bond acceptors (Lipinski definition) is 5. The van der Waals surface area contributed by atoms with Crippen molar-refractivity contribution >= 4 is 33.9 Å². The average Bonchev–Trinajstić information content (AvgIpc) is 3.17. The highest BCUT2D eigenvalue weighted by Gasteiger charge is 2.24. The van der Waals surface area contributed by atoms with Crippen LogP contribution in [0.4, 0.5) is 5.69 Å². The van der Waals surface area contributed by atoms with Gasteiger partial charge in [-0.3, -0.25) is 9.20 Å². The van der Waals surface area contributed by atoms with Crippen molar-refractivity contribution in [2.45, 2.75) is 13.8 Å². The first-order chi connectivity index (χ1) is 11.5. The van der Waals surface area contributed by atoms with Gasteiger partial charge in [0.05, 0.1) is 17.9 Å². The molecule has 0 saturated heterocycles. The van der Waals surface area contributed by atoms with Crippen LogP contribution in [0.25, 0.3) is 4.96 Å². The van der Waals surface area contributed by atoms with Gasteiger partial charge in [-0.1, -0.05) is 23.5 Å². The number of rotatable bonds is 4. The lowest BCUT2D eigenvalue weighted by Gasteiger charge is -2.19. The number of amides is 1. The van der Waals surface area contributed by atoms with Crippen LogP contribution in [0.3, 0.4) is 0 Å². The zero-order valence-electron chi connectivity index (χ0n) is 13.6. The van der Waals surface area contributed by atoms with Crippen molar-refractivity contribution in [1.29, 1.82) is 0 Å². The summed E-state index contributed by atoms with van der Waals surface area (Å²) in [5.41, 5.74) is 1.72. The second-order valence-corrected chi connectivity index (χ2v) is 6.18. The van der Waals surface area contributed by atoms with Crippen LogP contribution < -0.4 is 4.90 Å². The second-order valence-electron chi connectivity index (χ2n) is 5.20. The molecular weight excluding hydrogens is 326 g/mol. The van der Waals surface area contributed by atoms with Gasteiger partial charge in [0.2, 0.25) is 0 Å². The molecule has 3 rings (SSSR count). The Kier molecular flexibility index (Phi) is 4.35. The number of esters is 1. The zero-order chi connectivity index (χ0) is 17.3. The Bertz CT molecular complexity index is 913. The number of thiazole rings is 1. The lowest BCUT2D eigenvalue weighted by Crippen LogP contribution is -2.28. The lowest BCUT2D eigenvalue weighted by atomic mass is 10.1. The minimum atomic E-state index is -0.439. The summed E-state index contributed by atoms with van der Waals surface area (Å²) in [6.07, 6.45) is 3.53. The number of fused-ring (bicyclic) bond motifs is 1. The maximum Gasteiger partial charge on any atom is 0.340 e. The van der Waals surface area contributed by atoms with E-state index in [0.29, 0.717) is 16.1 Å². The van der Waals surface area contributed by atoms with Crippen molar-refractivity contribution < 1.29 is 14.3 Å². The van der Waals surface area contributed by atoms with Gasteiger partial charge < -0.3 is 9.64 Å². The van der Waals surface area contributed by atoms with Crippen molar-refractivity contribution in [2.75, 3.05) is 18.6 Å². The molecule has 0 unspecified atom stereocenters. The molecule has 0 atom stereocenters. The Morgan fingerprint density at radius 2 is 2.08 bits per heavy atom. The molecule has 2 heterocycles. The van der Waals surface area contributed by atoms with Crippen LogP contribution in [0.5, 0.6) is 0 Å². The fourth-order valence-electron chi connectivity index (χ4n) is 2.50. The van der Waals surface area contributed by atoms with E-state index >= 15 is 0 Å². The van der Waals surface area contributed by atoms with E-state index in [9.17, 15) is 9.59 Å². The predicted octanol–water partition coefficient (Wildman–Crippen LogP) is 3.16. The maximum atomic E-state index is 12.9. The van der Waals surface area contributed by atoms with Crippen LogP contribution in [0, 0.1) is 6.92 Å². The monoisotopic (exact) mass is 343 g/mol. The van der Waals surface area contributed by atoms with Crippen LogP contribution in [0.2, 0.25) is 0 Å². The molecule has 0 aliphatic rings. The minimum absolute atomic E-state index is 0.181. The predicted molar refractivity (Wildman–Crippen MR) is 92.9 cm³/mol. The molecule has 6 nitrogen and oxygen atoms in total. The van der Waals surface area contributed by atoms with Crippen LogP contribution >= 0.6 is 11.3 Å². The van der Waals surface area contributed by atoms with Gasteiger partial charge in [-0.05, 0) is 26.0 Å². The number of benzene rings is 1. The van der Waals surface area contributed by atoms with Gasteiger partial charge in [0, 0.05) is 25.1 Å². The van der Waals surface area contributed by atoms with Gasteiger partial charge in [-0.15, -0.1) is 0 Å². The van der Waals surface area contributed by atoms with E-state index < -0.39 is 5.97 Å². The number of nitrogens with zero attached hydrogens (tertiary/aromatic N) is 3. The van der Waals surface area contributed by atoms with Crippen molar-refractivity contribution in [3.8, 4) is 0 Å². The summed E-state index contributed by atoms with van der Waals surface area (Å²) >= 11 is 1.33. The van der Waals surface area contributed by atoms with Crippen LogP contribution in [-0.4, -0.2) is 34.9 Å². The largest absolute Gasteiger partial charge is 0.462 e. The SMILES string of the molecule is CCOC(=O)c1ccccc1N(C)C(=O)c1sc2nccn2c1C. The smallest absolute Gasteiger partial charge is 0.340 e. The summed E-state index contributed by atoms with van der Waals surface area (Å²) in [7, 11) is 1.66. The number of hydrogen-bond donors (Lipinski definition) is 0. The first-order valence-electron chi connectivity index (χ1n) is 7.51. The van der Waals surface area contributed by atoms with Gasteiger partial charge in [0.1, 0.15) is 4.88 Å². The lowest BCUT2D eigenvalue weighted by molar-refractivity contribution is 0.0527. The highest BCUT2D eigenvalue weighted by Crippen LogP contribution is 2.27. The molecule has 3 aromatic rings. The summed E-state index contributed by atoms with van der Waals surface area (Å²) in [6, 6.07) is 6.93. The van der Waals surface area contributed by atoms with E-state index in [1.165, 1.54) is 16.2 Å². The molecule has 0 saturated carbocycles. The number of aromatic nitrogens is 2. The van der Waals surface area contributed by atoms with Crippen LogP contribution in [0.1, 0.15) is 32.6 Å². The Labute approximate surface area is 143 Å². The van der Waals surface area contributed by atoms with Gasteiger partial charge in [-0.2, -0.15) is 0 Å². The Morgan fingerprint density at radius 1 is 1.33 bits per heavy atom. The van der Waals surface area contributed by atoms with E-state index in [1.54, 1.807) is 44.4 Å². The molecule has 0 aliphatic heterocycles. The number of imidazole rings is 1. The van der Waals surface area contributed by atoms with E-state index in [0.717, 1.165) is 10.7 Å². The molecular formula is C17H17N3O3S. The molecule has 7 heteroatoms. The molecule has 1 amide bonds. The van der Waals surface area contributed by atoms with E-state index in [1.807, 2.05) is 17.5 Å². The summed E-state index contributed by atoms with van der Waals surface area (Å²) in [5.74, 6) is -0.620. The zero-order valence-corrected chi connectivity index (χ0v) is 14.5. The van der Waals surface area contributed by atoms with Crippen molar-refractivity contribution in [3.05, 3.63) is 52.8 Å². The Morgan fingerprint density at radius 3 is 2.79 bits per heavy atom. The number of ether oxygens (including phenoxy) is 1. The fraction of sp³-hybridized carbons (Fsp3) is 0.235. The number of carbonyl (C=O) groups excluding carboxylic acids is 2. The molecule has 24 heavy (non-hydrogen) atoms. The van der Waals surface area contributed by atoms with E-state index in [-0.39, 0.29) is 12.5 Å². The number of para-hydroxylation sites is 1. The summed E-state index contributed by atoms with van der Waals surface area (Å²) < 4.78 is 6.95. The topological polar surface area (TPSA) is 63.9 Å². The first kappa shape index (κ1) is 16.2. The number of aryl methyl sites for hydroxylation is 1. The number of carbonyl (C=O) groups is 2. The fourth-order valence-corrected chi connectivity index (χ4v) is 3.57. The molecule has 0 N–H and O–H groups in total.